The van der Waals surface area contributed by atoms with Crippen LogP contribution in [0.3, 0.4) is 0 Å². The molecule has 5 nitrogen and oxygen atoms in total. The van der Waals surface area contributed by atoms with Crippen LogP contribution in [-0.4, -0.2) is 28.6 Å². The number of carbonyl (C=O) groups is 2. The van der Waals surface area contributed by atoms with Crippen LogP contribution in [-0.2, 0) is 16.0 Å². The standard InChI is InChI=1S/C16H22N2O3/c17-13(10-12-6-2-1-3-7-12)15(21)18-16(11-14(19)20)8-4-5-9-16/h1-3,6-7,13H,4-5,8-11,17H2,(H,18,21)(H,19,20). The molecule has 114 valence electrons. The van der Waals surface area contributed by atoms with Crippen LogP contribution in [0.15, 0.2) is 30.3 Å². The summed E-state index contributed by atoms with van der Waals surface area (Å²) < 4.78 is 0. The van der Waals surface area contributed by atoms with Crippen LogP contribution in [0.2, 0.25) is 0 Å². The lowest BCUT2D eigenvalue weighted by Crippen LogP contribution is -2.53. The third-order valence-corrected chi connectivity index (χ3v) is 4.07. The van der Waals surface area contributed by atoms with E-state index < -0.39 is 17.6 Å². The fourth-order valence-electron chi connectivity index (χ4n) is 3.00. The molecule has 1 amide bonds. The molecule has 0 saturated heterocycles. The second-order valence-electron chi connectivity index (χ2n) is 5.84. The number of carbonyl (C=O) groups excluding carboxylic acids is 1. The number of nitrogens with one attached hydrogen (secondary N) is 1. The summed E-state index contributed by atoms with van der Waals surface area (Å²) in [6.45, 7) is 0. The topological polar surface area (TPSA) is 92.4 Å². The molecular formula is C16H22N2O3. The first kappa shape index (κ1) is 15.5. The van der Waals surface area contributed by atoms with Gasteiger partial charge >= 0.3 is 5.97 Å². The Morgan fingerprint density at radius 2 is 1.86 bits per heavy atom. The minimum Gasteiger partial charge on any atom is -0.481 e. The van der Waals surface area contributed by atoms with Crippen LogP contribution >= 0.6 is 0 Å². The van der Waals surface area contributed by atoms with Crippen molar-refractivity contribution in [3.05, 3.63) is 35.9 Å². The van der Waals surface area contributed by atoms with Crippen molar-refractivity contribution in [2.45, 2.75) is 50.1 Å². The number of amides is 1. The molecule has 1 atom stereocenters. The Bertz CT molecular complexity index is 496. The number of carboxylic acid groups (broad SMARTS) is 1. The Kier molecular flexibility index (Phi) is 4.96. The van der Waals surface area contributed by atoms with E-state index in [2.05, 4.69) is 5.32 Å². The van der Waals surface area contributed by atoms with E-state index in [9.17, 15) is 9.59 Å². The van der Waals surface area contributed by atoms with Gasteiger partial charge in [-0.3, -0.25) is 9.59 Å². The average Bonchev–Trinajstić information content (AvgIpc) is 2.87. The van der Waals surface area contributed by atoms with Gasteiger partial charge in [-0.25, -0.2) is 0 Å². The molecule has 1 fully saturated rings. The molecule has 4 N–H and O–H groups in total. The van der Waals surface area contributed by atoms with E-state index in [1.54, 1.807) is 0 Å². The lowest BCUT2D eigenvalue weighted by molar-refractivity contribution is -0.139. The second kappa shape index (κ2) is 6.72. The molecular weight excluding hydrogens is 268 g/mol. The van der Waals surface area contributed by atoms with Crippen LogP contribution < -0.4 is 11.1 Å². The predicted molar refractivity (Wildman–Crippen MR) is 79.7 cm³/mol. The molecule has 0 aliphatic heterocycles. The summed E-state index contributed by atoms with van der Waals surface area (Å²) in [5.41, 5.74) is 6.34. The van der Waals surface area contributed by atoms with E-state index in [1.165, 1.54) is 0 Å². The van der Waals surface area contributed by atoms with Gasteiger partial charge in [0.15, 0.2) is 0 Å². The Hall–Kier alpha value is -1.88. The first-order valence-corrected chi connectivity index (χ1v) is 7.34. The maximum absolute atomic E-state index is 12.3. The van der Waals surface area contributed by atoms with Crippen LogP contribution in [0.5, 0.6) is 0 Å². The highest BCUT2D eigenvalue weighted by Gasteiger charge is 2.38. The second-order valence-corrected chi connectivity index (χ2v) is 5.84. The highest BCUT2D eigenvalue weighted by atomic mass is 16.4. The van der Waals surface area contributed by atoms with Crippen molar-refractivity contribution >= 4 is 11.9 Å². The zero-order valence-corrected chi connectivity index (χ0v) is 12.0. The number of carboxylic acids is 1. The number of nitrogens with two attached hydrogens (primary N) is 1. The zero-order valence-electron chi connectivity index (χ0n) is 12.0. The van der Waals surface area contributed by atoms with E-state index in [1.807, 2.05) is 30.3 Å². The molecule has 2 rings (SSSR count). The molecule has 1 aromatic rings. The number of aliphatic carboxylic acids is 1. The number of hydrogen-bond donors (Lipinski definition) is 3. The van der Waals surface area contributed by atoms with Crippen LogP contribution in [0.25, 0.3) is 0 Å². The Morgan fingerprint density at radius 1 is 1.24 bits per heavy atom. The predicted octanol–water partition coefficient (Wildman–Crippen LogP) is 1.46. The molecule has 1 aliphatic carbocycles. The quantitative estimate of drug-likeness (QED) is 0.739. The van der Waals surface area contributed by atoms with Gasteiger partial charge in [-0.15, -0.1) is 0 Å². The SMILES string of the molecule is NC(Cc1ccccc1)C(=O)NC1(CC(=O)O)CCCC1. The van der Waals surface area contributed by atoms with Gasteiger partial charge in [0.2, 0.25) is 5.91 Å². The molecule has 1 aromatic carbocycles. The fraction of sp³-hybridized carbons (Fsp3) is 0.500. The van der Waals surface area contributed by atoms with E-state index in [0.717, 1.165) is 18.4 Å². The number of benzene rings is 1. The van der Waals surface area contributed by atoms with E-state index >= 15 is 0 Å². The molecule has 0 heterocycles. The van der Waals surface area contributed by atoms with Crippen molar-refractivity contribution < 1.29 is 14.7 Å². The molecule has 0 spiro atoms. The van der Waals surface area contributed by atoms with Gasteiger partial charge in [0.1, 0.15) is 0 Å². The zero-order chi connectivity index (χ0) is 15.3. The molecule has 1 aliphatic rings. The molecule has 21 heavy (non-hydrogen) atoms. The largest absolute Gasteiger partial charge is 0.481 e. The molecule has 1 unspecified atom stereocenters. The van der Waals surface area contributed by atoms with Gasteiger partial charge < -0.3 is 16.2 Å². The van der Waals surface area contributed by atoms with Gasteiger partial charge in [0.25, 0.3) is 0 Å². The monoisotopic (exact) mass is 290 g/mol. The van der Waals surface area contributed by atoms with Crippen molar-refractivity contribution in [2.75, 3.05) is 0 Å². The highest BCUT2D eigenvalue weighted by molar-refractivity contribution is 5.83. The Balaban J connectivity index is 1.97. The number of hydrogen-bond acceptors (Lipinski definition) is 3. The summed E-state index contributed by atoms with van der Waals surface area (Å²) in [4.78, 5) is 23.3. The minimum absolute atomic E-state index is 0.0310. The minimum atomic E-state index is -0.881. The average molecular weight is 290 g/mol. The smallest absolute Gasteiger partial charge is 0.305 e. The van der Waals surface area contributed by atoms with Crippen molar-refractivity contribution in [3.63, 3.8) is 0 Å². The lowest BCUT2D eigenvalue weighted by Gasteiger charge is -2.30. The Labute approximate surface area is 124 Å². The maximum atomic E-state index is 12.3. The third kappa shape index (κ3) is 4.29. The van der Waals surface area contributed by atoms with Crippen LogP contribution in [0, 0.1) is 0 Å². The molecule has 5 heteroatoms. The van der Waals surface area contributed by atoms with Gasteiger partial charge in [-0.05, 0) is 24.8 Å². The van der Waals surface area contributed by atoms with Crippen molar-refractivity contribution in [2.24, 2.45) is 5.73 Å². The molecule has 0 aromatic heterocycles. The number of rotatable bonds is 6. The first-order valence-electron chi connectivity index (χ1n) is 7.34. The summed E-state index contributed by atoms with van der Waals surface area (Å²) in [6, 6.07) is 8.92. The van der Waals surface area contributed by atoms with Gasteiger partial charge in [-0.2, -0.15) is 0 Å². The summed E-state index contributed by atoms with van der Waals surface area (Å²) in [5, 5.41) is 11.9. The van der Waals surface area contributed by atoms with Crippen LogP contribution in [0.1, 0.15) is 37.7 Å². The summed E-state index contributed by atoms with van der Waals surface area (Å²) in [7, 11) is 0. The van der Waals surface area contributed by atoms with Gasteiger partial charge in [0, 0.05) is 0 Å². The maximum Gasteiger partial charge on any atom is 0.305 e. The normalized spacial score (nSPS) is 18.1. The van der Waals surface area contributed by atoms with E-state index in [-0.39, 0.29) is 12.3 Å². The van der Waals surface area contributed by atoms with Crippen molar-refractivity contribution in [3.8, 4) is 0 Å². The van der Waals surface area contributed by atoms with E-state index in [0.29, 0.717) is 19.3 Å². The van der Waals surface area contributed by atoms with Crippen LogP contribution in [0.4, 0.5) is 0 Å². The van der Waals surface area contributed by atoms with Gasteiger partial charge in [-0.1, -0.05) is 43.2 Å². The highest BCUT2D eigenvalue weighted by Crippen LogP contribution is 2.32. The lowest BCUT2D eigenvalue weighted by atomic mass is 9.92. The van der Waals surface area contributed by atoms with Crippen molar-refractivity contribution in [1.29, 1.82) is 0 Å². The van der Waals surface area contributed by atoms with Gasteiger partial charge in [0.05, 0.1) is 18.0 Å². The first-order chi connectivity index (χ1) is 10.0. The molecule has 1 saturated carbocycles. The third-order valence-electron chi connectivity index (χ3n) is 4.07. The van der Waals surface area contributed by atoms with E-state index in [4.69, 9.17) is 10.8 Å². The summed E-state index contributed by atoms with van der Waals surface area (Å²) in [5.74, 6) is -1.14. The Morgan fingerprint density at radius 3 is 2.43 bits per heavy atom. The fourth-order valence-corrected chi connectivity index (χ4v) is 3.00. The molecule has 0 radical (unpaired) electrons. The van der Waals surface area contributed by atoms with Crippen molar-refractivity contribution in [1.82, 2.24) is 5.32 Å². The summed E-state index contributed by atoms with van der Waals surface area (Å²) >= 11 is 0. The molecule has 0 bridgehead atoms. The summed E-state index contributed by atoms with van der Waals surface area (Å²) in [6.07, 6.45) is 3.74.